The number of pyridine rings is 1. The third-order valence-electron chi connectivity index (χ3n) is 4.18. The predicted octanol–water partition coefficient (Wildman–Crippen LogP) is 4.61. The Balaban J connectivity index is 1.92. The van der Waals surface area contributed by atoms with Crippen molar-refractivity contribution in [3.05, 3.63) is 89.2 Å². The van der Waals surface area contributed by atoms with Crippen LogP contribution < -0.4 is 0 Å². The van der Waals surface area contributed by atoms with Gasteiger partial charge in [0.05, 0.1) is 5.56 Å². The Bertz CT molecular complexity index is 936. The fourth-order valence-corrected chi connectivity index (χ4v) is 2.93. The van der Waals surface area contributed by atoms with E-state index in [9.17, 15) is 13.6 Å². The normalized spacial score (nSPS) is 10.6. The van der Waals surface area contributed by atoms with E-state index in [-0.39, 0.29) is 12.5 Å². The van der Waals surface area contributed by atoms with Crippen molar-refractivity contribution in [1.82, 2.24) is 9.88 Å². The highest BCUT2D eigenvalue weighted by atomic mass is 19.1. The largest absolute Gasteiger partial charge is 0.337 e. The van der Waals surface area contributed by atoms with Crippen molar-refractivity contribution in [2.45, 2.75) is 13.5 Å². The van der Waals surface area contributed by atoms with Gasteiger partial charge in [0.25, 0.3) is 5.91 Å². The van der Waals surface area contributed by atoms with Crippen molar-refractivity contribution in [1.29, 1.82) is 0 Å². The number of aryl methyl sites for hydroxylation is 1. The monoisotopic (exact) mass is 352 g/mol. The highest BCUT2D eigenvalue weighted by molar-refractivity contribution is 6.00. The summed E-state index contributed by atoms with van der Waals surface area (Å²) < 4.78 is 26.8. The van der Waals surface area contributed by atoms with Crippen molar-refractivity contribution in [3.63, 3.8) is 0 Å². The summed E-state index contributed by atoms with van der Waals surface area (Å²) in [6, 6.07) is 12.8. The van der Waals surface area contributed by atoms with Crippen LogP contribution in [0, 0.1) is 18.6 Å². The fourth-order valence-electron chi connectivity index (χ4n) is 2.93. The van der Waals surface area contributed by atoms with E-state index >= 15 is 0 Å². The Kier molecular flexibility index (Phi) is 5.07. The molecule has 3 rings (SSSR count). The SMILES string of the molecule is Cc1ccccc1-c1ccncc1C(=O)N(C)Cc1cc(F)cc(F)c1. The van der Waals surface area contributed by atoms with Crippen LogP contribution >= 0.6 is 0 Å². The third-order valence-corrected chi connectivity index (χ3v) is 4.18. The van der Waals surface area contributed by atoms with Gasteiger partial charge in [0.1, 0.15) is 11.6 Å². The van der Waals surface area contributed by atoms with E-state index in [4.69, 9.17) is 0 Å². The Hall–Kier alpha value is -3.08. The zero-order valence-corrected chi connectivity index (χ0v) is 14.5. The minimum atomic E-state index is -0.664. The van der Waals surface area contributed by atoms with Gasteiger partial charge in [-0.15, -0.1) is 0 Å². The van der Waals surface area contributed by atoms with Crippen molar-refractivity contribution < 1.29 is 13.6 Å². The average Bonchev–Trinajstić information content (AvgIpc) is 2.60. The minimum absolute atomic E-state index is 0.0929. The molecule has 0 atom stereocenters. The van der Waals surface area contributed by atoms with E-state index in [2.05, 4.69) is 4.98 Å². The smallest absolute Gasteiger partial charge is 0.256 e. The Labute approximate surface area is 150 Å². The molecule has 0 radical (unpaired) electrons. The number of halogens is 2. The lowest BCUT2D eigenvalue weighted by Gasteiger charge is -2.19. The first-order valence-electron chi connectivity index (χ1n) is 8.16. The van der Waals surface area contributed by atoms with E-state index in [1.807, 2.05) is 31.2 Å². The zero-order chi connectivity index (χ0) is 18.7. The molecule has 1 amide bonds. The summed E-state index contributed by atoms with van der Waals surface area (Å²) in [7, 11) is 1.60. The maximum Gasteiger partial charge on any atom is 0.256 e. The van der Waals surface area contributed by atoms with Gasteiger partial charge in [0.15, 0.2) is 0 Å². The molecule has 0 spiro atoms. The van der Waals surface area contributed by atoms with E-state index in [0.717, 1.165) is 22.8 Å². The van der Waals surface area contributed by atoms with Crippen molar-refractivity contribution in [3.8, 4) is 11.1 Å². The number of benzene rings is 2. The molecule has 3 nitrogen and oxygen atoms in total. The van der Waals surface area contributed by atoms with E-state index in [1.165, 1.54) is 23.2 Å². The first kappa shape index (κ1) is 17.7. The number of carbonyl (C=O) groups excluding carboxylic acids is 1. The van der Waals surface area contributed by atoms with Crippen LogP contribution in [-0.4, -0.2) is 22.8 Å². The second-order valence-corrected chi connectivity index (χ2v) is 6.18. The van der Waals surface area contributed by atoms with Crippen LogP contribution in [0.4, 0.5) is 8.78 Å². The van der Waals surface area contributed by atoms with Crippen molar-refractivity contribution >= 4 is 5.91 Å². The number of rotatable bonds is 4. The molecule has 0 aliphatic heterocycles. The molecule has 0 bridgehead atoms. The lowest BCUT2D eigenvalue weighted by Crippen LogP contribution is -2.27. The summed E-state index contributed by atoms with van der Waals surface area (Å²) in [5.41, 5.74) is 3.60. The Morgan fingerprint density at radius 1 is 1.04 bits per heavy atom. The standard InChI is InChI=1S/C21H18F2N2O/c1-14-5-3-4-6-18(14)19-7-8-24-12-20(19)21(26)25(2)13-15-9-16(22)11-17(23)10-15/h3-12H,13H2,1-2H3. The Morgan fingerprint density at radius 3 is 2.42 bits per heavy atom. The average molecular weight is 352 g/mol. The molecule has 0 saturated heterocycles. The first-order chi connectivity index (χ1) is 12.5. The highest BCUT2D eigenvalue weighted by Gasteiger charge is 2.18. The highest BCUT2D eigenvalue weighted by Crippen LogP contribution is 2.27. The van der Waals surface area contributed by atoms with Crippen LogP contribution in [0.25, 0.3) is 11.1 Å². The van der Waals surface area contributed by atoms with Gasteiger partial charge < -0.3 is 4.90 Å². The zero-order valence-electron chi connectivity index (χ0n) is 14.5. The summed E-state index contributed by atoms with van der Waals surface area (Å²) in [6.45, 7) is 2.07. The van der Waals surface area contributed by atoms with Crippen LogP contribution in [0.2, 0.25) is 0 Å². The number of amides is 1. The molecule has 0 aliphatic rings. The van der Waals surface area contributed by atoms with Crippen molar-refractivity contribution in [2.24, 2.45) is 0 Å². The molecule has 2 aromatic carbocycles. The second-order valence-electron chi connectivity index (χ2n) is 6.18. The maximum atomic E-state index is 13.4. The first-order valence-corrected chi connectivity index (χ1v) is 8.16. The molecule has 1 aromatic heterocycles. The summed E-state index contributed by atoms with van der Waals surface area (Å²) in [6.07, 6.45) is 3.16. The topological polar surface area (TPSA) is 33.2 Å². The van der Waals surface area contributed by atoms with Gasteiger partial charge in [0, 0.05) is 32.1 Å². The molecular formula is C21H18F2N2O. The van der Waals surface area contributed by atoms with Crippen molar-refractivity contribution in [2.75, 3.05) is 7.05 Å². The molecule has 132 valence electrons. The number of carbonyl (C=O) groups is 1. The number of nitrogens with zero attached hydrogens (tertiary/aromatic N) is 2. The molecule has 0 unspecified atom stereocenters. The molecule has 26 heavy (non-hydrogen) atoms. The lowest BCUT2D eigenvalue weighted by atomic mass is 9.97. The van der Waals surface area contributed by atoms with Gasteiger partial charge in [-0.3, -0.25) is 9.78 Å². The lowest BCUT2D eigenvalue weighted by molar-refractivity contribution is 0.0785. The molecule has 0 saturated carbocycles. The Morgan fingerprint density at radius 2 is 1.73 bits per heavy atom. The van der Waals surface area contributed by atoms with Crippen LogP contribution in [0.5, 0.6) is 0 Å². The molecular weight excluding hydrogens is 334 g/mol. The van der Waals surface area contributed by atoms with E-state index < -0.39 is 11.6 Å². The minimum Gasteiger partial charge on any atom is -0.337 e. The van der Waals surface area contributed by atoms with Crippen LogP contribution in [0.15, 0.2) is 60.9 Å². The third kappa shape index (κ3) is 3.77. The van der Waals surface area contributed by atoms with Crippen LogP contribution in [0.1, 0.15) is 21.5 Å². The maximum absolute atomic E-state index is 13.4. The van der Waals surface area contributed by atoms with Gasteiger partial charge in [-0.05, 0) is 47.4 Å². The molecule has 5 heteroatoms. The van der Waals surface area contributed by atoms with Gasteiger partial charge in [-0.25, -0.2) is 8.78 Å². The van der Waals surface area contributed by atoms with E-state index in [0.29, 0.717) is 11.1 Å². The van der Waals surface area contributed by atoms with Gasteiger partial charge in [-0.1, -0.05) is 24.3 Å². The summed E-state index contributed by atoms with van der Waals surface area (Å²) >= 11 is 0. The number of hydrogen-bond acceptors (Lipinski definition) is 2. The summed E-state index contributed by atoms with van der Waals surface area (Å²) in [5, 5.41) is 0. The fraction of sp³-hybridized carbons (Fsp3) is 0.143. The number of hydrogen-bond donors (Lipinski definition) is 0. The van der Waals surface area contributed by atoms with Gasteiger partial charge in [0.2, 0.25) is 0 Å². The second kappa shape index (κ2) is 7.44. The van der Waals surface area contributed by atoms with E-state index in [1.54, 1.807) is 19.3 Å². The predicted molar refractivity (Wildman–Crippen MR) is 96.6 cm³/mol. The molecule has 3 aromatic rings. The van der Waals surface area contributed by atoms with Gasteiger partial charge in [-0.2, -0.15) is 0 Å². The quantitative estimate of drug-likeness (QED) is 0.687. The van der Waals surface area contributed by atoms with Crippen LogP contribution in [-0.2, 0) is 6.54 Å². The molecule has 0 fully saturated rings. The number of aromatic nitrogens is 1. The van der Waals surface area contributed by atoms with Crippen LogP contribution in [0.3, 0.4) is 0 Å². The molecule has 0 aliphatic carbocycles. The molecule has 1 heterocycles. The summed E-state index contributed by atoms with van der Waals surface area (Å²) in [5.74, 6) is -1.59. The van der Waals surface area contributed by atoms with Gasteiger partial charge >= 0.3 is 0 Å². The molecule has 0 N–H and O–H groups in total. The summed E-state index contributed by atoms with van der Waals surface area (Å²) in [4.78, 5) is 18.4.